The summed E-state index contributed by atoms with van der Waals surface area (Å²) in [6.07, 6.45) is 6.42. The van der Waals surface area contributed by atoms with Crippen molar-refractivity contribution in [1.29, 1.82) is 0 Å². The molecule has 160 valence electrons. The van der Waals surface area contributed by atoms with E-state index in [1.54, 1.807) is 0 Å². The maximum Gasteiger partial charge on any atom is 0.304 e. The molecule has 2 saturated heterocycles. The van der Waals surface area contributed by atoms with Crippen molar-refractivity contribution < 1.29 is 22.7 Å². The Morgan fingerprint density at radius 2 is 1.93 bits per heavy atom. The summed E-state index contributed by atoms with van der Waals surface area (Å²) in [6.45, 7) is 2.08. The Balaban J connectivity index is 1.40. The molecular weight excluding hydrogens is 385 g/mol. The van der Waals surface area contributed by atoms with Crippen LogP contribution in [-0.2, 0) is 15.0 Å². The Morgan fingerprint density at radius 3 is 2.61 bits per heavy atom. The second-order valence-electron chi connectivity index (χ2n) is 9.12. The molecule has 0 bridgehead atoms. The first-order chi connectivity index (χ1) is 13.3. The Hall–Kier alpha value is -0.770. The number of carbonyl (C=O) groups is 1. The van der Waals surface area contributed by atoms with Crippen molar-refractivity contribution in [3.05, 3.63) is 0 Å². The number of amides is 1. The highest BCUT2D eigenvalue weighted by molar-refractivity contribution is 7.88. The van der Waals surface area contributed by atoms with Gasteiger partial charge in [0.1, 0.15) is 6.17 Å². The number of nitrogens with one attached hydrogen (secondary N) is 1. The topological polar surface area (TPSA) is 90.0 Å². The van der Waals surface area contributed by atoms with Crippen LogP contribution >= 0.6 is 0 Å². The molecule has 2 aliphatic heterocycles. The molecule has 7 nitrogen and oxygen atoms in total. The van der Waals surface area contributed by atoms with Gasteiger partial charge in [-0.15, -0.1) is 0 Å². The summed E-state index contributed by atoms with van der Waals surface area (Å²) >= 11 is 0. The van der Waals surface area contributed by atoms with Gasteiger partial charge in [0.05, 0.1) is 18.7 Å². The second kappa shape index (κ2) is 8.16. The standard InChI is InChI=1S/C19H32FN3O4S/c20-18-15-11-22(8-6-13-4-2-1-3-5-13)9-7-14(15)10-16(24)19(18)23-12-17(25)21-28(23,26)27/h13-16,18-19,24H,1-12H2,(H,21,25). The number of piperidine rings is 1. The number of nitrogens with zero attached hydrogens (tertiary/aromatic N) is 2. The lowest BCUT2D eigenvalue weighted by molar-refractivity contribution is -0.120. The van der Waals surface area contributed by atoms with Gasteiger partial charge < -0.3 is 10.0 Å². The minimum Gasteiger partial charge on any atom is -0.391 e. The third-order valence-corrected chi connectivity index (χ3v) is 8.80. The van der Waals surface area contributed by atoms with Gasteiger partial charge in [0.25, 0.3) is 0 Å². The quantitative estimate of drug-likeness (QED) is 0.714. The van der Waals surface area contributed by atoms with Crippen molar-refractivity contribution in [3.8, 4) is 0 Å². The zero-order chi connectivity index (χ0) is 19.9. The smallest absolute Gasteiger partial charge is 0.304 e. The number of carbonyl (C=O) groups excluding carboxylic acids is 1. The monoisotopic (exact) mass is 417 g/mol. The van der Waals surface area contributed by atoms with Gasteiger partial charge in [-0.05, 0) is 44.2 Å². The van der Waals surface area contributed by atoms with Gasteiger partial charge in [-0.2, -0.15) is 12.7 Å². The zero-order valence-corrected chi connectivity index (χ0v) is 17.1. The third-order valence-electron chi connectivity index (χ3n) is 7.33. The van der Waals surface area contributed by atoms with E-state index in [0.717, 1.165) is 36.2 Å². The molecule has 0 radical (unpaired) electrons. The second-order valence-corrected chi connectivity index (χ2v) is 10.7. The van der Waals surface area contributed by atoms with Crippen molar-refractivity contribution in [1.82, 2.24) is 13.9 Å². The summed E-state index contributed by atoms with van der Waals surface area (Å²) < 4.78 is 42.6. The molecule has 9 heteroatoms. The normalized spacial score (nSPS) is 40.2. The molecule has 2 saturated carbocycles. The van der Waals surface area contributed by atoms with E-state index < -0.39 is 41.0 Å². The van der Waals surface area contributed by atoms with Crippen LogP contribution in [0.1, 0.15) is 51.4 Å². The first-order valence-corrected chi connectivity index (χ1v) is 12.2. The molecule has 5 atom stereocenters. The van der Waals surface area contributed by atoms with E-state index in [-0.39, 0.29) is 11.8 Å². The van der Waals surface area contributed by atoms with Gasteiger partial charge in [-0.25, -0.2) is 9.11 Å². The molecule has 2 heterocycles. The number of fused-ring (bicyclic) bond motifs is 1. The first-order valence-electron chi connectivity index (χ1n) is 10.7. The lowest BCUT2D eigenvalue weighted by Crippen LogP contribution is -2.61. The number of hydrogen-bond donors (Lipinski definition) is 2. The molecule has 5 unspecified atom stereocenters. The molecule has 4 rings (SSSR count). The molecular formula is C19H32FN3O4S. The van der Waals surface area contributed by atoms with Gasteiger partial charge in [0.2, 0.25) is 5.91 Å². The summed E-state index contributed by atoms with van der Waals surface area (Å²) in [6, 6.07) is -1.18. The van der Waals surface area contributed by atoms with E-state index in [1.807, 2.05) is 4.72 Å². The summed E-state index contributed by atoms with van der Waals surface area (Å²) in [7, 11) is -4.06. The number of halogens is 1. The van der Waals surface area contributed by atoms with Crippen molar-refractivity contribution in [3.63, 3.8) is 0 Å². The van der Waals surface area contributed by atoms with Crippen molar-refractivity contribution in [2.45, 2.75) is 69.7 Å². The van der Waals surface area contributed by atoms with Crippen LogP contribution in [-0.4, -0.2) is 73.1 Å². The van der Waals surface area contributed by atoms with Crippen LogP contribution in [0.4, 0.5) is 4.39 Å². The minimum atomic E-state index is -4.06. The summed E-state index contributed by atoms with van der Waals surface area (Å²) in [5.41, 5.74) is 0. The fraction of sp³-hybridized carbons (Fsp3) is 0.947. The Morgan fingerprint density at radius 1 is 1.18 bits per heavy atom. The average Bonchev–Trinajstić information content (AvgIpc) is 2.93. The highest BCUT2D eigenvalue weighted by Crippen LogP contribution is 2.41. The molecule has 0 aromatic carbocycles. The van der Waals surface area contributed by atoms with Gasteiger partial charge in [-0.1, -0.05) is 32.1 Å². The minimum absolute atomic E-state index is 0.0705. The van der Waals surface area contributed by atoms with Crippen molar-refractivity contribution >= 4 is 16.1 Å². The molecule has 4 fully saturated rings. The Bertz CT molecular complexity index is 685. The number of rotatable bonds is 4. The van der Waals surface area contributed by atoms with Gasteiger partial charge in [0, 0.05) is 12.5 Å². The van der Waals surface area contributed by atoms with Crippen LogP contribution in [0.15, 0.2) is 0 Å². The maximum atomic E-state index is 15.5. The first kappa shape index (κ1) is 20.5. The van der Waals surface area contributed by atoms with Crippen LogP contribution in [0.5, 0.6) is 0 Å². The van der Waals surface area contributed by atoms with Gasteiger partial charge in [0.15, 0.2) is 0 Å². The summed E-state index contributed by atoms with van der Waals surface area (Å²) in [5, 5.41) is 10.5. The SMILES string of the molecule is O=C1CN(C2C(O)CC3CCN(CCC4CCCCC4)CC3C2F)S(=O)(=O)N1. The number of hydrogen-bond acceptors (Lipinski definition) is 5. The van der Waals surface area contributed by atoms with Crippen LogP contribution in [0.25, 0.3) is 0 Å². The summed E-state index contributed by atoms with van der Waals surface area (Å²) in [4.78, 5) is 13.9. The Labute approximate surface area is 166 Å². The van der Waals surface area contributed by atoms with E-state index in [2.05, 4.69) is 4.90 Å². The van der Waals surface area contributed by atoms with Gasteiger partial charge >= 0.3 is 10.2 Å². The predicted molar refractivity (Wildman–Crippen MR) is 102 cm³/mol. The van der Waals surface area contributed by atoms with Crippen LogP contribution in [0, 0.1) is 17.8 Å². The van der Waals surface area contributed by atoms with Crippen LogP contribution < -0.4 is 4.72 Å². The number of alkyl halides is 1. The van der Waals surface area contributed by atoms with Crippen molar-refractivity contribution in [2.24, 2.45) is 17.8 Å². The number of aliphatic hydroxyl groups is 1. The van der Waals surface area contributed by atoms with Crippen molar-refractivity contribution in [2.75, 3.05) is 26.2 Å². The fourth-order valence-corrected chi connectivity index (χ4v) is 7.13. The van der Waals surface area contributed by atoms with E-state index in [1.165, 1.54) is 32.1 Å². The number of aliphatic hydroxyl groups excluding tert-OH is 1. The summed E-state index contributed by atoms with van der Waals surface area (Å²) in [5.74, 6) is -0.111. The maximum absolute atomic E-state index is 15.5. The average molecular weight is 418 g/mol. The molecule has 28 heavy (non-hydrogen) atoms. The molecule has 1 amide bonds. The largest absolute Gasteiger partial charge is 0.391 e. The van der Waals surface area contributed by atoms with E-state index in [0.29, 0.717) is 13.0 Å². The highest BCUT2D eigenvalue weighted by atomic mass is 32.2. The fourth-order valence-electron chi connectivity index (χ4n) is 5.79. The number of likely N-dealkylation sites (tertiary alicyclic amines) is 1. The third kappa shape index (κ3) is 4.08. The molecule has 2 aliphatic carbocycles. The molecule has 0 aromatic heterocycles. The molecule has 0 spiro atoms. The van der Waals surface area contributed by atoms with E-state index in [9.17, 15) is 18.3 Å². The lowest BCUT2D eigenvalue weighted by Gasteiger charge is -2.48. The Kier molecular flexibility index (Phi) is 5.98. The molecule has 4 aliphatic rings. The lowest BCUT2D eigenvalue weighted by atomic mass is 9.70. The van der Waals surface area contributed by atoms with Gasteiger partial charge in [-0.3, -0.25) is 4.79 Å². The molecule has 0 aromatic rings. The zero-order valence-electron chi connectivity index (χ0n) is 16.3. The van der Waals surface area contributed by atoms with E-state index in [4.69, 9.17) is 0 Å². The van der Waals surface area contributed by atoms with Crippen LogP contribution in [0.2, 0.25) is 0 Å². The van der Waals surface area contributed by atoms with Crippen LogP contribution in [0.3, 0.4) is 0 Å². The molecule has 2 N–H and O–H groups in total. The van der Waals surface area contributed by atoms with E-state index >= 15 is 4.39 Å². The highest BCUT2D eigenvalue weighted by Gasteiger charge is 2.53. The predicted octanol–water partition coefficient (Wildman–Crippen LogP) is 1.04.